The summed E-state index contributed by atoms with van der Waals surface area (Å²) in [4.78, 5) is 4.98. The van der Waals surface area contributed by atoms with Gasteiger partial charge in [0.1, 0.15) is 6.10 Å². The summed E-state index contributed by atoms with van der Waals surface area (Å²) in [6, 6.07) is 5.20. The number of aliphatic hydroxyl groups excluding tert-OH is 1. The van der Waals surface area contributed by atoms with E-state index < -0.39 is 29.5 Å². The SMILES string of the molecule is CC(C)c1nc2c(c3c1[C@@H](c1ccc(C(F)(F)F)cc1)OC31CCOCC1)[C@@H](O)CC(C)(C)[C]2. The normalized spacial score (nSPS) is 25.4. The van der Waals surface area contributed by atoms with E-state index in [4.69, 9.17) is 14.5 Å². The predicted octanol–water partition coefficient (Wildman–Crippen LogP) is 6.24. The molecular formula is C27H30F3NO3. The van der Waals surface area contributed by atoms with Crippen molar-refractivity contribution in [2.75, 3.05) is 13.2 Å². The van der Waals surface area contributed by atoms with Crippen LogP contribution in [0.5, 0.6) is 0 Å². The zero-order chi connectivity index (χ0) is 24.5. The van der Waals surface area contributed by atoms with Gasteiger partial charge in [-0.2, -0.15) is 13.2 Å². The van der Waals surface area contributed by atoms with E-state index in [2.05, 4.69) is 20.3 Å². The number of hydrogen-bond donors (Lipinski definition) is 1. The minimum absolute atomic E-state index is 0.0542. The van der Waals surface area contributed by atoms with Crippen LogP contribution in [-0.4, -0.2) is 23.3 Å². The first-order chi connectivity index (χ1) is 15.9. The largest absolute Gasteiger partial charge is 0.416 e. The summed E-state index contributed by atoms with van der Waals surface area (Å²) in [5.74, 6) is 0.0542. The Balaban J connectivity index is 1.74. The quantitative estimate of drug-likeness (QED) is 0.561. The molecule has 0 bridgehead atoms. The molecule has 1 spiro atoms. The van der Waals surface area contributed by atoms with Gasteiger partial charge in [0.25, 0.3) is 0 Å². The van der Waals surface area contributed by atoms with E-state index >= 15 is 0 Å². The molecule has 0 unspecified atom stereocenters. The van der Waals surface area contributed by atoms with Gasteiger partial charge in [-0.1, -0.05) is 39.8 Å². The van der Waals surface area contributed by atoms with Crippen molar-refractivity contribution in [1.29, 1.82) is 0 Å². The van der Waals surface area contributed by atoms with Crippen molar-refractivity contribution >= 4 is 0 Å². The first-order valence-electron chi connectivity index (χ1n) is 11.9. The van der Waals surface area contributed by atoms with Crippen molar-refractivity contribution in [1.82, 2.24) is 4.98 Å². The minimum atomic E-state index is -4.40. The monoisotopic (exact) mass is 473 g/mol. The molecule has 34 heavy (non-hydrogen) atoms. The van der Waals surface area contributed by atoms with Crippen LogP contribution in [0.2, 0.25) is 0 Å². The van der Waals surface area contributed by atoms with Crippen LogP contribution in [0.25, 0.3) is 0 Å². The highest BCUT2D eigenvalue weighted by molar-refractivity contribution is 5.56. The molecule has 1 aromatic heterocycles. The number of nitrogens with zero attached hydrogens (tertiary/aromatic N) is 1. The molecule has 1 fully saturated rings. The molecule has 1 aliphatic carbocycles. The molecule has 4 nitrogen and oxygen atoms in total. The predicted molar refractivity (Wildman–Crippen MR) is 120 cm³/mol. The fourth-order valence-electron chi connectivity index (χ4n) is 5.70. The summed E-state index contributed by atoms with van der Waals surface area (Å²) in [6.07, 6.45) is -0.428. The van der Waals surface area contributed by atoms with E-state index in [-0.39, 0.29) is 11.3 Å². The highest BCUT2D eigenvalue weighted by Crippen LogP contribution is 2.57. The highest BCUT2D eigenvalue weighted by Gasteiger charge is 2.52. The van der Waals surface area contributed by atoms with E-state index in [1.807, 2.05) is 13.8 Å². The smallest absolute Gasteiger partial charge is 0.388 e. The van der Waals surface area contributed by atoms with Gasteiger partial charge in [-0.05, 0) is 41.0 Å². The average molecular weight is 474 g/mol. The fraction of sp³-hybridized carbons (Fsp3) is 0.556. The molecule has 1 aromatic carbocycles. The zero-order valence-corrected chi connectivity index (χ0v) is 19.9. The van der Waals surface area contributed by atoms with Crippen LogP contribution < -0.4 is 0 Å². The lowest BCUT2D eigenvalue weighted by atomic mass is 9.70. The van der Waals surface area contributed by atoms with Crippen LogP contribution in [0.3, 0.4) is 0 Å². The molecule has 3 aliphatic rings. The second-order valence-electron chi connectivity index (χ2n) is 10.7. The van der Waals surface area contributed by atoms with Gasteiger partial charge in [-0.3, -0.25) is 4.98 Å². The third kappa shape index (κ3) is 3.86. The lowest BCUT2D eigenvalue weighted by molar-refractivity contribution is -0.137. The van der Waals surface area contributed by atoms with Crippen LogP contribution >= 0.6 is 0 Å². The summed E-state index contributed by atoms with van der Waals surface area (Å²) < 4.78 is 52.0. The maximum atomic E-state index is 13.2. The molecule has 1 N–H and O–H groups in total. The molecule has 2 aromatic rings. The Labute approximate surface area is 198 Å². The third-order valence-electron chi connectivity index (χ3n) is 7.25. The van der Waals surface area contributed by atoms with Crippen LogP contribution in [0.1, 0.15) is 104 Å². The summed E-state index contributed by atoms with van der Waals surface area (Å²) in [7, 11) is 0. The molecule has 2 aliphatic heterocycles. The van der Waals surface area contributed by atoms with E-state index in [0.29, 0.717) is 43.7 Å². The third-order valence-corrected chi connectivity index (χ3v) is 7.25. The van der Waals surface area contributed by atoms with E-state index in [9.17, 15) is 18.3 Å². The lowest BCUT2D eigenvalue weighted by Crippen LogP contribution is -2.36. The van der Waals surface area contributed by atoms with Crippen molar-refractivity contribution in [3.63, 3.8) is 0 Å². The molecule has 2 radical (unpaired) electrons. The molecule has 1 saturated heterocycles. The second kappa shape index (κ2) is 8.04. The summed E-state index contributed by atoms with van der Waals surface area (Å²) >= 11 is 0. The van der Waals surface area contributed by atoms with Crippen molar-refractivity contribution < 1.29 is 27.8 Å². The van der Waals surface area contributed by atoms with Gasteiger partial charge >= 0.3 is 6.18 Å². The second-order valence-corrected chi connectivity index (χ2v) is 10.7. The van der Waals surface area contributed by atoms with Crippen LogP contribution in [0.4, 0.5) is 13.2 Å². The molecule has 7 heteroatoms. The van der Waals surface area contributed by atoms with Crippen LogP contribution in [0, 0.1) is 11.8 Å². The highest BCUT2D eigenvalue weighted by atomic mass is 19.4. The van der Waals surface area contributed by atoms with Crippen molar-refractivity contribution in [2.45, 2.75) is 76.9 Å². The number of rotatable bonds is 2. The fourth-order valence-corrected chi connectivity index (χ4v) is 5.70. The Kier molecular flexibility index (Phi) is 5.62. The van der Waals surface area contributed by atoms with Crippen molar-refractivity contribution in [3.8, 4) is 0 Å². The van der Waals surface area contributed by atoms with Gasteiger partial charge in [0, 0.05) is 49.3 Å². The Bertz CT molecular complexity index is 1090. The Morgan fingerprint density at radius 1 is 1.09 bits per heavy atom. The number of aliphatic hydroxyl groups is 1. The average Bonchev–Trinajstić information content (AvgIpc) is 3.06. The maximum absolute atomic E-state index is 13.2. The first-order valence-corrected chi connectivity index (χ1v) is 11.9. The number of fused-ring (bicyclic) bond motifs is 4. The number of halogens is 3. The lowest BCUT2D eigenvalue weighted by Gasteiger charge is -2.40. The first kappa shape index (κ1) is 23.8. The van der Waals surface area contributed by atoms with Crippen LogP contribution in [0.15, 0.2) is 24.3 Å². The van der Waals surface area contributed by atoms with Gasteiger partial charge in [0.15, 0.2) is 0 Å². The standard InChI is InChI=1S/C27H30F3NO3/c1-15(2)23-21-22(20-18(31-23)13-25(3,4)14-19(20)32)26(9-11-33-12-10-26)34-24(21)16-5-7-17(8-6-16)27(28,29)30/h5-8,15,19,24,32H,9-12,14H2,1-4H3/t19-,24+/m0/s1. The Morgan fingerprint density at radius 3 is 2.32 bits per heavy atom. The maximum Gasteiger partial charge on any atom is 0.416 e. The summed E-state index contributed by atoms with van der Waals surface area (Å²) in [6.45, 7) is 9.21. The van der Waals surface area contributed by atoms with Gasteiger partial charge in [0.05, 0.1) is 23.0 Å². The van der Waals surface area contributed by atoms with E-state index in [1.54, 1.807) is 0 Å². The van der Waals surface area contributed by atoms with E-state index in [0.717, 1.165) is 34.5 Å². The number of alkyl halides is 3. The van der Waals surface area contributed by atoms with Gasteiger partial charge in [-0.25, -0.2) is 0 Å². The molecule has 0 saturated carbocycles. The van der Waals surface area contributed by atoms with Crippen LogP contribution in [-0.2, 0) is 21.3 Å². The molecule has 182 valence electrons. The summed E-state index contributed by atoms with van der Waals surface area (Å²) in [5, 5.41) is 11.3. The van der Waals surface area contributed by atoms with Crippen molar-refractivity contribution in [2.24, 2.45) is 5.41 Å². The Morgan fingerprint density at radius 2 is 1.74 bits per heavy atom. The molecule has 0 amide bonds. The number of benzene rings is 1. The van der Waals surface area contributed by atoms with Crippen molar-refractivity contribution in [3.05, 3.63) is 69.9 Å². The van der Waals surface area contributed by atoms with Gasteiger partial charge in [0.2, 0.25) is 0 Å². The molecule has 3 heterocycles. The topological polar surface area (TPSA) is 51.6 Å². The van der Waals surface area contributed by atoms with Gasteiger partial charge in [-0.15, -0.1) is 0 Å². The summed E-state index contributed by atoms with van der Waals surface area (Å²) in [5.41, 5.74) is 3.08. The van der Waals surface area contributed by atoms with Gasteiger partial charge < -0.3 is 14.6 Å². The Hall–Kier alpha value is -1.96. The molecule has 5 rings (SSSR count). The zero-order valence-electron chi connectivity index (χ0n) is 19.9. The van der Waals surface area contributed by atoms with E-state index in [1.165, 1.54) is 12.1 Å². The number of pyridine rings is 1. The molecule has 2 atom stereocenters. The molecular weight excluding hydrogens is 443 g/mol. The minimum Gasteiger partial charge on any atom is -0.388 e. The number of aromatic nitrogens is 1. The number of hydrogen-bond acceptors (Lipinski definition) is 4. The number of ether oxygens (including phenoxy) is 2.